The van der Waals surface area contributed by atoms with Gasteiger partial charge in [0.05, 0.1) is 30.2 Å². The molecule has 2 N–H and O–H groups in total. The zero-order chi connectivity index (χ0) is 13.6. The fraction of sp³-hybridized carbons (Fsp3) is 0.250. The largest absolute Gasteiger partial charge is 0.416 e. The minimum absolute atomic E-state index is 0.296. The first-order chi connectivity index (χ1) is 8.97. The lowest BCUT2D eigenvalue weighted by Crippen LogP contribution is -2.08. The summed E-state index contributed by atoms with van der Waals surface area (Å²) in [6.45, 7) is 0.649. The fourth-order valence-corrected chi connectivity index (χ4v) is 2.09. The Morgan fingerprint density at radius 2 is 2.05 bits per heavy atom. The number of fused-ring (bicyclic) bond motifs is 1. The van der Waals surface area contributed by atoms with E-state index >= 15 is 0 Å². The molecule has 0 saturated heterocycles. The molecule has 0 radical (unpaired) electrons. The van der Waals surface area contributed by atoms with Crippen molar-refractivity contribution in [3.8, 4) is 5.69 Å². The van der Waals surface area contributed by atoms with Crippen molar-refractivity contribution in [3.63, 3.8) is 0 Å². The molecule has 1 aromatic heterocycles. The van der Waals surface area contributed by atoms with Crippen LogP contribution in [-0.4, -0.2) is 9.78 Å². The standard InChI is InChI=1S/C12H10F3N3O/c13-12(14,15)7-2-1-3-8(4-7)18-10-6-19-5-9(10)11(16)17-18/h1-4H,5-6H2,(H2,16,17). The topological polar surface area (TPSA) is 53.1 Å². The van der Waals surface area contributed by atoms with Crippen LogP contribution in [0.2, 0.25) is 0 Å². The Morgan fingerprint density at radius 1 is 1.26 bits per heavy atom. The predicted molar refractivity (Wildman–Crippen MR) is 61.5 cm³/mol. The van der Waals surface area contributed by atoms with E-state index in [1.54, 1.807) is 6.07 Å². The molecule has 1 aromatic carbocycles. The second-order valence-electron chi connectivity index (χ2n) is 4.26. The highest BCUT2D eigenvalue weighted by molar-refractivity contribution is 5.48. The fourth-order valence-electron chi connectivity index (χ4n) is 2.09. The van der Waals surface area contributed by atoms with E-state index in [-0.39, 0.29) is 0 Å². The van der Waals surface area contributed by atoms with Gasteiger partial charge in [-0.05, 0) is 18.2 Å². The summed E-state index contributed by atoms with van der Waals surface area (Å²) in [5.41, 5.74) is 6.78. The van der Waals surface area contributed by atoms with Gasteiger partial charge in [-0.3, -0.25) is 0 Å². The van der Waals surface area contributed by atoms with E-state index in [1.165, 1.54) is 10.7 Å². The summed E-state index contributed by atoms with van der Waals surface area (Å²) in [6.07, 6.45) is -4.38. The van der Waals surface area contributed by atoms with E-state index in [0.29, 0.717) is 30.4 Å². The van der Waals surface area contributed by atoms with Crippen molar-refractivity contribution in [2.24, 2.45) is 0 Å². The van der Waals surface area contributed by atoms with Gasteiger partial charge in [0, 0.05) is 5.56 Å². The lowest BCUT2D eigenvalue weighted by Gasteiger charge is -2.10. The van der Waals surface area contributed by atoms with Gasteiger partial charge < -0.3 is 10.5 Å². The van der Waals surface area contributed by atoms with Crippen molar-refractivity contribution in [2.75, 3.05) is 5.73 Å². The molecule has 0 aliphatic carbocycles. The second kappa shape index (κ2) is 3.99. The third-order valence-electron chi connectivity index (χ3n) is 3.02. The van der Waals surface area contributed by atoms with E-state index in [1.807, 2.05) is 0 Å². The molecule has 0 amide bonds. The molecule has 0 spiro atoms. The van der Waals surface area contributed by atoms with Gasteiger partial charge >= 0.3 is 6.18 Å². The average molecular weight is 269 g/mol. The zero-order valence-corrected chi connectivity index (χ0v) is 9.74. The summed E-state index contributed by atoms with van der Waals surface area (Å²) < 4.78 is 44.7. The van der Waals surface area contributed by atoms with Crippen LogP contribution in [-0.2, 0) is 24.1 Å². The molecule has 0 atom stereocenters. The van der Waals surface area contributed by atoms with Crippen molar-refractivity contribution in [1.29, 1.82) is 0 Å². The quantitative estimate of drug-likeness (QED) is 0.865. The molecule has 7 heteroatoms. The number of nitrogens with two attached hydrogens (primary N) is 1. The molecule has 4 nitrogen and oxygen atoms in total. The Morgan fingerprint density at radius 3 is 2.79 bits per heavy atom. The summed E-state index contributed by atoms with van der Waals surface area (Å²) in [4.78, 5) is 0. The van der Waals surface area contributed by atoms with Crippen LogP contribution in [0.15, 0.2) is 24.3 Å². The molecule has 19 heavy (non-hydrogen) atoms. The van der Waals surface area contributed by atoms with Gasteiger partial charge in [0.15, 0.2) is 5.82 Å². The predicted octanol–water partition coefficient (Wildman–Crippen LogP) is 2.50. The third kappa shape index (κ3) is 1.95. The van der Waals surface area contributed by atoms with Crippen molar-refractivity contribution < 1.29 is 17.9 Å². The van der Waals surface area contributed by atoms with Crippen molar-refractivity contribution >= 4 is 5.82 Å². The van der Waals surface area contributed by atoms with E-state index in [4.69, 9.17) is 10.5 Å². The minimum atomic E-state index is -4.38. The molecule has 100 valence electrons. The van der Waals surface area contributed by atoms with Crippen LogP contribution < -0.4 is 5.73 Å². The lowest BCUT2D eigenvalue weighted by molar-refractivity contribution is -0.137. The van der Waals surface area contributed by atoms with Gasteiger partial charge in [-0.2, -0.15) is 13.2 Å². The maximum atomic E-state index is 12.7. The zero-order valence-electron chi connectivity index (χ0n) is 9.74. The number of rotatable bonds is 1. The number of nitrogen functional groups attached to an aromatic ring is 1. The highest BCUT2D eigenvalue weighted by Crippen LogP contribution is 2.32. The van der Waals surface area contributed by atoms with E-state index in [0.717, 1.165) is 17.7 Å². The van der Waals surface area contributed by atoms with Crippen LogP contribution in [0.4, 0.5) is 19.0 Å². The van der Waals surface area contributed by atoms with Crippen LogP contribution in [0, 0.1) is 0 Å². The first kappa shape index (κ1) is 12.0. The SMILES string of the molecule is Nc1nn(-c2cccc(C(F)(F)F)c2)c2c1COC2. The molecule has 2 heterocycles. The van der Waals surface area contributed by atoms with E-state index < -0.39 is 11.7 Å². The van der Waals surface area contributed by atoms with Crippen LogP contribution in [0.3, 0.4) is 0 Å². The maximum absolute atomic E-state index is 12.7. The van der Waals surface area contributed by atoms with Crippen molar-refractivity contribution in [3.05, 3.63) is 41.1 Å². The minimum Gasteiger partial charge on any atom is -0.382 e. The number of benzene rings is 1. The second-order valence-corrected chi connectivity index (χ2v) is 4.26. The van der Waals surface area contributed by atoms with Gasteiger partial charge in [-0.15, -0.1) is 5.10 Å². The first-order valence-electron chi connectivity index (χ1n) is 5.58. The number of halogens is 3. The van der Waals surface area contributed by atoms with Crippen LogP contribution in [0.5, 0.6) is 0 Å². The Kier molecular flexibility index (Phi) is 2.53. The molecule has 0 saturated carbocycles. The highest BCUT2D eigenvalue weighted by Gasteiger charge is 2.31. The summed E-state index contributed by atoms with van der Waals surface area (Å²) in [5, 5.41) is 4.07. The third-order valence-corrected chi connectivity index (χ3v) is 3.02. The van der Waals surface area contributed by atoms with Crippen LogP contribution in [0.1, 0.15) is 16.8 Å². The number of alkyl halides is 3. The van der Waals surface area contributed by atoms with E-state index in [2.05, 4.69) is 5.10 Å². The Labute approximate surface area is 106 Å². The summed E-state index contributed by atoms with van der Waals surface area (Å²) >= 11 is 0. The molecule has 0 bridgehead atoms. The van der Waals surface area contributed by atoms with Gasteiger partial charge in [-0.1, -0.05) is 6.07 Å². The summed E-state index contributed by atoms with van der Waals surface area (Å²) in [6, 6.07) is 4.97. The van der Waals surface area contributed by atoms with Crippen molar-refractivity contribution in [1.82, 2.24) is 9.78 Å². The van der Waals surface area contributed by atoms with Gasteiger partial charge in [0.25, 0.3) is 0 Å². The molecule has 1 aliphatic heterocycles. The average Bonchev–Trinajstić information content (AvgIpc) is 2.93. The molecule has 3 rings (SSSR count). The Balaban J connectivity index is 2.11. The summed E-state index contributed by atoms with van der Waals surface area (Å²) in [7, 11) is 0. The number of hydrogen-bond acceptors (Lipinski definition) is 3. The first-order valence-corrected chi connectivity index (χ1v) is 5.58. The maximum Gasteiger partial charge on any atom is 0.416 e. The number of anilines is 1. The van der Waals surface area contributed by atoms with Gasteiger partial charge in [0.1, 0.15) is 0 Å². The van der Waals surface area contributed by atoms with E-state index in [9.17, 15) is 13.2 Å². The van der Waals surface area contributed by atoms with Crippen LogP contribution >= 0.6 is 0 Å². The van der Waals surface area contributed by atoms with Gasteiger partial charge in [-0.25, -0.2) is 4.68 Å². The normalized spacial score (nSPS) is 14.7. The number of ether oxygens (including phenoxy) is 1. The number of nitrogens with zero attached hydrogens (tertiary/aromatic N) is 2. The molecular formula is C12H10F3N3O. The molecular weight excluding hydrogens is 259 g/mol. The molecule has 2 aromatic rings. The monoisotopic (exact) mass is 269 g/mol. The Hall–Kier alpha value is -2.02. The Bertz CT molecular complexity index is 634. The van der Waals surface area contributed by atoms with Gasteiger partial charge in [0.2, 0.25) is 0 Å². The highest BCUT2D eigenvalue weighted by atomic mass is 19.4. The molecule has 0 unspecified atom stereocenters. The number of aromatic nitrogens is 2. The van der Waals surface area contributed by atoms with Crippen molar-refractivity contribution in [2.45, 2.75) is 19.4 Å². The number of hydrogen-bond donors (Lipinski definition) is 1. The summed E-state index contributed by atoms with van der Waals surface area (Å²) in [5.74, 6) is 0.296. The van der Waals surface area contributed by atoms with Crippen LogP contribution in [0.25, 0.3) is 5.69 Å². The molecule has 0 fully saturated rings. The molecule has 1 aliphatic rings. The lowest BCUT2D eigenvalue weighted by atomic mass is 10.2. The smallest absolute Gasteiger partial charge is 0.382 e.